The highest BCUT2D eigenvalue weighted by atomic mass is 16.5. The Morgan fingerprint density at radius 1 is 1.18 bits per heavy atom. The summed E-state index contributed by atoms with van der Waals surface area (Å²) in [6.07, 6.45) is 2.43. The quantitative estimate of drug-likeness (QED) is 0.650. The monoisotopic (exact) mass is 236 g/mol. The van der Waals surface area contributed by atoms with Crippen LogP contribution in [0.15, 0.2) is 24.3 Å². The molecule has 0 saturated heterocycles. The van der Waals surface area contributed by atoms with E-state index in [9.17, 15) is 4.79 Å². The molecule has 0 bridgehead atoms. The summed E-state index contributed by atoms with van der Waals surface area (Å²) in [5.74, 6) is 1.89. The average molecular weight is 236 g/mol. The number of unbranched alkanes of at least 4 members (excludes halogenated alkanes) is 1. The molecule has 0 radical (unpaired) electrons. The standard InChI is InChI=1S/C14H20O3/c1-3-16-13-8-6-9-14(11-13)17-10-5-4-7-12(2)15/h6,8-9,11H,3-5,7,10H2,1-2H3. The lowest BCUT2D eigenvalue weighted by Gasteiger charge is -2.08. The molecule has 0 N–H and O–H groups in total. The van der Waals surface area contributed by atoms with E-state index in [0.717, 1.165) is 24.3 Å². The van der Waals surface area contributed by atoms with Crippen molar-refractivity contribution < 1.29 is 14.3 Å². The Bertz CT molecular complexity index is 347. The van der Waals surface area contributed by atoms with Crippen molar-refractivity contribution in [1.82, 2.24) is 0 Å². The van der Waals surface area contributed by atoms with E-state index >= 15 is 0 Å². The maximum atomic E-state index is 10.7. The predicted molar refractivity (Wildman–Crippen MR) is 67.6 cm³/mol. The molecule has 3 nitrogen and oxygen atoms in total. The normalized spacial score (nSPS) is 10.0. The molecule has 1 aromatic rings. The topological polar surface area (TPSA) is 35.5 Å². The van der Waals surface area contributed by atoms with Crippen LogP contribution in [0.3, 0.4) is 0 Å². The first-order valence-electron chi connectivity index (χ1n) is 6.07. The molecule has 0 aliphatic carbocycles. The number of hydrogen-bond acceptors (Lipinski definition) is 3. The molecule has 3 heteroatoms. The average Bonchev–Trinajstić information content (AvgIpc) is 2.29. The minimum atomic E-state index is 0.239. The zero-order valence-corrected chi connectivity index (χ0v) is 10.6. The summed E-state index contributed by atoms with van der Waals surface area (Å²) in [6.45, 7) is 4.87. The first-order valence-corrected chi connectivity index (χ1v) is 6.07. The minimum absolute atomic E-state index is 0.239. The SMILES string of the molecule is CCOc1cccc(OCCCCC(C)=O)c1. The van der Waals surface area contributed by atoms with Gasteiger partial charge in [0, 0.05) is 12.5 Å². The van der Waals surface area contributed by atoms with Gasteiger partial charge in [-0.15, -0.1) is 0 Å². The van der Waals surface area contributed by atoms with Crippen LogP contribution in [0.25, 0.3) is 0 Å². The molecule has 0 aliphatic heterocycles. The van der Waals surface area contributed by atoms with E-state index in [2.05, 4.69) is 0 Å². The van der Waals surface area contributed by atoms with E-state index in [1.165, 1.54) is 0 Å². The van der Waals surface area contributed by atoms with Crippen molar-refractivity contribution >= 4 is 5.78 Å². The van der Waals surface area contributed by atoms with Crippen LogP contribution in [-0.4, -0.2) is 19.0 Å². The second kappa shape index (κ2) is 7.71. The van der Waals surface area contributed by atoms with Crippen LogP contribution in [0.5, 0.6) is 11.5 Å². The van der Waals surface area contributed by atoms with Gasteiger partial charge in [-0.1, -0.05) is 6.07 Å². The van der Waals surface area contributed by atoms with E-state index in [-0.39, 0.29) is 5.78 Å². The fraction of sp³-hybridized carbons (Fsp3) is 0.500. The van der Waals surface area contributed by atoms with E-state index in [1.54, 1.807) is 6.92 Å². The van der Waals surface area contributed by atoms with Gasteiger partial charge in [-0.05, 0) is 38.8 Å². The van der Waals surface area contributed by atoms with Gasteiger partial charge < -0.3 is 14.3 Å². The van der Waals surface area contributed by atoms with Crippen molar-refractivity contribution in [3.8, 4) is 11.5 Å². The number of hydrogen-bond donors (Lipinski definition) is 0. The maximum Gasteiger partial charge on any atom is 0.129 e. The number of benzene rings is 1. The number of carbonyl (C=O) groups is 1. The second-order valence-corrected chi connectivity index (χ2v) is 3.92. The van der Waals surface area contributed by atoms with Crippen molar-refractivity contribution in [2.45, 2.75) is 33.1 Å². The number of rotatable bonds is 8. The lowest BCUT2D eigenvalue weighted by atomic mass is 10.2. The van der Waals surface area contributed by atoms with Gasteiger partial charge in [0.25, 0.3) is 0 Å². The Hall–Kier alpha value is -1.51. The van der Waals surface area contributed by atoms with Crippen LogP contribution in [0.1, 0.15) is 33.1 Å². The molecule has 0 amide bonds. The van der Waals surface area contributed by atoms with E-state index in [4.69, 9.17) is 9.47 Å². The Labute approximate surface area is 103 Å². The van der Waals surface area contributed by atoms with E-state index in [1.807, 2.05) is 31.2 Å². The van der Waals surface area contributed by atoms with Crippen molar-refractivity contribution in [1.29, 1.82) is 0 Å². The van der Waals surface area contributed by atoms with Crippen molar-refractivity contribution in [2.75, 3.05) is 13.2 Å². The van der Waals surface area contributed by atoms with E-state index < -0.39 is 0 Å². The number of ketones is 1. The summed E-state index contributed by atoms with van der Waals surface area (Å²) < 4.78 is 11.0. The predicted octanol–water partition coefficient (Wildman–Crippen LogP) is 3.22. The highest BCUT2D eigenvalue weighted by molar-refractivity contribution is 5.75. The Balaban J connectivity index is 2.26. The van der Waals surface area contributed by atoms with Crippen molar-refractivity contribution in [2.24, 2.45) is 0 Å². The van der Waals surface area contributed by atoms with Gasteiger partial charge in [0.15, 0.2) is 0 Å². The van der Waals surface area contributed by atoms with Gasteiger partial charge >= 0.3 is 0 Å². The van der Waals surface area contributed by atoms with E-state index in [0.29, 0.717) is 19.6 Å². The van der Waals surface area contributed by atoms with Gasteiger partial charge in [-0.3, -0.25) is 0 Å². The summed E-state index contributed by atoms with van der Waals surface area (Å²) in [6, 6.07) is 7.62. The van der Waals surface area contributed by atoms with Gasteiger partial charge in [0.1, 0.15) is 17.3 Å². The third-order valence-corrected chi connectivity index (χ3v) is 2.31. The molecule has 1 aromatic carbocycles. The fourth-order valence-corrected chi connectivity index (χ4v) is 1.49. The summed E-state index contributed by atoms with van der Waals surface area (Å²) in [4.78, 5) is 10.7. The molecule has 94 valence electrons. The van der Waals surface area contributed by atoms with Crippen molar-refractivity contribution in [3.63, 3.8) is 0 Å². The molecule has 0 atom stereocenters. The minimum Gasteiger partial charge on any atom is -0.494 e. The first kappa shape index (κ1) is 13.6. The highest BCUT2D eigenvalue weighted by Crippen LogP contribution is 2.19. The van der Waals surface area contributed by atoms with Gasteiger partial charge in [-0.2, -0.15) is 0 Å². The molecule has 17 heavy (non-hydrogen) atoms. The van der Waals surface area contributed by atoms with Crippen LogP contribution in [0, 0.1) is 0 Å². The zero-order valence-electron chi connectivity index (χ0n) is 10.6. The van der Waals surface area contributed by atoms with Crippen LogP contribution in [0.2, 0.25) is 0 Å². The fourth-order valence-electron chi connectivity index (χ4n) is 1.49. The summed E-state index contributed by atoms with van der Waals surface area (Å²) >= 11 is 0. The van der Waals surface area contributed by atoms with Crippen LogP contribution < -0.4 is 9.47 Å². The zero-order chi connectivity index (χ0) is 12.5. The first-order chi connectivity index (χ1) is 8.22. The van der Waals surface area contributed by atoms with Gasteiger partial charge in [-0.25, -0.2) is 0 Å². The highest BCUT2D eigenvalue weighted by Gasteiger charge is 1.98. The summed E-state index contributed by atoms with van der Waals surface area (Å²) in [5, 5.41) is 0. The largest absolute Gasteiger partial charge is 0.494 e. The third kappa shape index (κ3) is 5.95. The molecular formula is C14H20O3. The molecule has 0 spiro atoms. The van der Waals surface area contributed by atoms with Gasteiger partial charge in [0.05, 0.1) is 13.2 Å². The Morgan fingerprint density at radius 2 is 1.88 bits per heavy atom. The molecule has 0 heterocycles. The van der Waals surface area contributed by atoms with Gasteiger partial charge in [0.2, 0.25) is 0 Å². The van der Waals surface area contributed by atoms with Crippen molar-refractivity contribution in [3.05, 3.63) is 24.3 Å². The molecule has 1 rings (SSSR count). The maximum absolute atomic E-state index is 10.7. The molecule has 0 aromatic heterocycles. The molecule has 0 fully saturated rings. The summed E-state index contributed by atoms with van der Waals surface area (Å²) in [7, 11) is 0. The Morgan fingerprint density at radius 3 is 2.53 bits per heavy atom. The number of ether oxygens (including phenoxy) is 2. The molecular weight excluding hydrogens is 216 g/mol. The van der Waals surface area contributed by atoms with Crippen LogP contribution >= 0.6 is 0 Å². The molecule has 0 unspecified atom stereocenters. The summed E-state index contributed by atoms with van der Waals surface area (Å²) in [5.41, 5.74) is 0. The molecule has 0 saturated carbocycles. The lowest BCUT2D eigenvalue weighted by molar-refractivity contribution is -0.117. The number of Topliss-reactive ketones (excluding diaryl/α,β-unsaturated/α-hetero) is 1. The lowest BCUT2D eigenvalue weighted by Crippen LogP contribution is -1.99. The van der Waals surface area contributed by atoms with Crippen LogP contribution in [-0.2, 0) is 4.79 Å². The molecule has 0 aliphatic rings. The second-order valence-electron chi connectivity index (χ2n) is 3.92. The Kier molecular flexibility index (Phi) is 6.15. The van der Waals surface area contributed by atoms with Crippen LogP contribution in [0.4, 0.5) is 0 Å². The third-order valence-electron chi connectivity index (χ3n) is 2.31. The number of carbonyl (C=O) groups excluding carboxylic acids is 1. The smallest absolute Gasteiger partial charge is 0.129 e.